The molecule has 0 bridgehead atoms. The van der Waals surface area contributed by atoms with E-state index in [4.69, 9.17) is 4.74 Å². The number of carbonyl (C=O) groups excluding carboxylic acids is 1. The standard InChI is InChI=1S/C19H17BrF4O3/c1-2-4-14(25)17-12(10-20)5-3-6-16(17)27-15-8-7-11(9-13(15)21)18(26)19(22,23)24/h3,5-9,18,26H,2,4,10H2,1H3. The highest BCUT2D eigenvalue weighted by Gasteiger charge is 2.39. The highest BCUT2D eigenvalue weighted by Crippen LogP contribution is 2.36. The maximum absolute atomic E-state index is 14.2. The molecule has 2 aromatic carbocycles. The number of ether oxygens (including phenoxy) is 1. The molecule has 0 aliphatic rings. The van der Waals surface area contributed by atoms with E-state index in [1.807, 2.05) is 6.92 Å². The fourth-order valence-corrected chi connectivity index (χ4v) is 2.99. The molecule has 1 N–H and O–H groups in total. The first-order chi connectivity index (χ1) is 12.7. The molecule has 0 amide bonds. The van der Waals surface area contributed by atoms with Crippen molar-refractivity contribution in [2.75, 3.05) is 0 Å². The summed E-state index contributed by atoms with van der Waals surface area (Å²) in [5.41, 5.74) is 0.328. The van der Waals surface area contributed by atoms with Gasteiger partial charge in [0, 0.05) is 11.8 Å². The molecule has 0 saturated heterocycles. The van der Waals surface area contributed by atoms with Crippen LogP contribution in [-0.2, 0) is 5.33 Å². The predicted octanol–water partition coefficient (Wildman–Crippen LogP) is 6.09. The highest BCUT2D eigenvalue weighted by atomic mass is 79.9. The number of ketones is 1. The monoisotopic (exact) mass is 448 g/mol. The Hall–Kier alpha value is -1.93. The minimum atomic E-state index is -4.90. The Morgan fingerprint density at radius 2 is 1.93 bits per heavy atom. The summed E-state index contributed by atoms with van der Waals surface area (Å²) in [6.07, 6.45) is -6.80. The average molecular weight is 449 g/mol. The van der Waals surface area contributed by atoms with E-state index in [1.54, 1.807) is 12.1 Å². The molecule has 2 rings (SSSR count). The van der Waals surface area contributed by atoms with Crippen LogP contribution in [0.4, 0.5) is 17.6 Å². The second-order valence-corrected chi connectivity index (χ2v) is 6.39. The first-order valence-corrected chi connectivity index (χ1v) is 9.24. The number of alkyl halides is 4. The van der Waals surface area contributed by atoms with Crippen molar-refractivity contribution in [3.8, 4) is 11.5 Å². The molecule has 1 unspecified atom stereocenters. The summed E-state index contributed by atoms with van der Waals surface area (Å²) in [5.74, 6) is -1.47. The van der Waals surface area contributed by atoms with Gasteiger partial charge in [0.05, 0.1) is 5.56 Å². The van der Waals surface area contributed by atoms with Crippen LogP contribution in [0, 0.1) is 5.82 Å². The number of carbonyl (C=O) groups is 1. The molecule has 3 nitrogen and oxygen atoms in total. The van der Waals surface area contributed by atoms with Crippen LogP contribution in [-0.4, -0.2) is 17.1 Å². The van der Waals surface area contributed by atoms with Gasteiger partial charge in [-0.05, 0) is 35.7 Å². The number of benzene rings is 2. The molecule has 0 heterocycles. The second kappa shape index (κ2) is 8.84. The van der Waals surface area contributed by atoms with Gasteiger partial charge in [0.25, 0.3) is 0 Å². The van der Waals surface area contributed by atoms with Crippen molar-refractivity contribution in [2.45, 2.75) is 37.4 Å². The molecular weight excluding hydrogens is 432 g/mol. The maximum Gasteiger partial charge on any atom is 0.418 e. The van der Waals surface area contributed by atoms with Gasteiger partial charge in [-0.2, -0.15) is 13.2 Å². The van der Waals surface area contributed by atoms with E-state index in [0.29, 0.717) is 28.9 Å². The number of hydrogen-bond donors (Lipinski definition) is 1. The van der Waals surface area contributed by atoms with Gasteiger partial charge in [-0.3, -0.25) is 4.79 Å². The van der Waals surface area contributed by atoms with E-state index >= 15 is 0 Å². The Balaban J connectivity index is 2.39. The van der Waals surface area contributed by atoms with Crippen LogP contribution >= 0.6 is 15.9 Å². The molecular formula is C19H17BrF4O3. The van der Waals surface area contributed by atoms with Crippen molar-refractivity contribution in [1.82, 2.24) is 0 Å². The first kappa shape index (κ1) is 21.4. The lowest BCUT2D eigenvalue weighted by Gasteiger charge is -2.17. The smallest absolute Gasteiger partial charge is 0.418 e. The van der Waals surface area contributed by atoms with Crippen LogP contribution in [0.5, 0.6) is 11.5 Å². The summed E-state index contributed by atoms with van der Waals surface area (Å²) in [5, 5.41) is 9.61. The van der Waals surface area contributed by atoms with Crippen molar-refractivity contribution >= 4 is 21.7 Å². The zero-order valence-corrected chi connectivity index (χ0v) is 15.9. The molecule has 0 radical (unpaired) electrons. The van der Waals surface area contributed by atoms with Gasteiger partial charge < -0.3 is 9.84 Å². The summed E-state index contributed by atoms with van der Waals surface area (Å²) in [4.78, 5) is 12.4. The molecule has 8 heteroatoms. The molecule has 0 fully saturated rings. The van der Waals surface area contributed by atoms with Crippen LogP contribution < -0.4 is 4.74 Å². The quantitative estimate of drug-likeness (QED) is 0.316. The molecule has 0 aliphatic heterocycles. The number of hydrogen-bond acceptors (Lipinski definition) is 3. The van der Waals surface area contributed by atoms with E-state index < -0.39 is 23.7 Å². The van der Waals surface area contributed by atoms with Crippen molar-refractivity contribution in [1.29, 1.82) is 0 Å². The molecule has 0 aliphatic carbocycles. The van der Waals surface area contributed by atoms with Crippen LogP contribution in [0.3, 0.4) is 0 Å². The lowest BCUT2D eigenvalue weighted by atomic mass is 10.0. The van der Waals surface area contributed by atoms with Crippen molar-refractivity contribution in [3.63, 3.8) is 0 Å². The number of aliphatic hydroxyl groups is 1. The van der Waals surface area contributed by atoms with Gasteiger partial charge in [-0.25, -0.2) is 4.39 Å². The molecule has 2 aromatic rings. The summed E-state index contributed by atoms with van der Waals surface area (Å²) >= 11 is 3.29. The maximum atomic E-state index is 14.2. The molecule has 1 atom stereocenters. The van der Waals surface area contributed by atoms with Crippen molar-refractivity contribution in [3.05, 3.63) is 58.9 Å². The van der Waals surface area contributed by atoms with Gasteiger partial charge in [0.1, 0.15) is 5.75 Å². The van der Waals surface area contributed by atoms with E-state index in [2.05, 4.69) is 15.9 Å². The van der Waals surface area contributed by atoms with Crippen LogP contribution in [0.25, 0.3) is 0 Å². The number of halogens is 5. The summed E-state index contributed by atoms with van der Waals surface area (Å²) in [6, 6.07) is 7.34. The number of Topliss-reactive ketones (excluding diaryl/α,β-unsaturated/α-hetero) is 1. The zero-order valence-electron chi connectivity index (χ0n) is 14.3. The fraction of sp³-hybridized carbons (Fsp3) is 0.316. The van der Waals surface area contributed by atoms with E-state index in [9.17, 15) is 27.5 Å². The zero-order chi connectivity index (χ0) is 20.2. The van der Waals surface area contributed by atoms with E-state index in [1.165, 1.54) is 6.07 Å². The highest BCUT2D eigenvalue weighted by molar-refractivity contribution is 9.08. The van der Waals surface area contributed by atoms with E-state index in [0.717, 1.165) is 12.1 Å². The van der Waals surface area contributed by atoms with Crippen molar-refractivity contribution in [2.24, 2.45) is 0 Å². The summed E-state index contributed by atoms with van der Waals surface area (Å²) < 4.78 is 57.4. The molecule has 0 saturated carbocycles. The average Bonchev–Trinajstić information content (AvgIpc) is 2.61. The SMILES string of the molecule is CCCC(=O)c1c(CBr)cccc1Oc1ccc(C(O)C(F)(F)F)cc1F. The lowest BCUT2D eigenvalue weighted by molar-refractivity contribution is -0.206. The minimum absolute atomic E-state index is 0.119. The number of rotatable bonds is 7. The largest absolute Gasteiger partial charge is 0.454 e. The predicted molar refractivity (Wildman–Crippen MR) is 95.8 cm³/mol. The normalized spacial score (nSPS) is 12.7. The topological polar surface area (TPSA) is 46.5 Å². The van der Waals surface area contributed by atoms with Gasteiger partial charge in [-0.15, -0.1) is 0 Å². The first-order valence-electron chi connectivity index (χ1n) is 8.12. The van der Waals surface area contributed by atoms with Crippen LogP contribution in [0.1, 0.15) is 47.4 Å². The molecule has 146 valence electrons. The van der Waals surface area contributed by atoms with Gasteiger partial charge in [-0.1, -0.05) is 41.1 Å². The Bertz CT molecular complexity index is 821. The third-order valence-corrected chi connectivity index (χ3v) is 4.42. The van der Waals surface area contributed by atoms with Crippen LogP contribution in [0.15, 0.2) is 36.4 Å². The third kappa shape index (κ3) is 5.07. The van der Waals surface area contributed by atoms with Crippen LogP contribution in [0.2, 0.25) is 0 Å². The summed E-state index contributed by atoms with van der Waals surface area (Å²) in [7, 11) is 0. The van der Waals surface area contributed by atoms with Gasteiger partial charge in [0.15, 0.2) is 23.5 Å². The Kier molecular flexibility index (Phi) is 7.00. The molecule has 27 heavy (non-hydrogen) atoms. The molecule has 0 aromatic heterocycles. The van der Waals surface area contributed by atoms with Gasteiger partial charge >= 0.3 is 6.18 Å². The number of aliphatic hydroxyl groups excluding tert-OH is 1. The Morgan fingerprint density at radius 1 is 1.22 bits per heavy atom. The Morgan fingerprint density at radius 3 is 2.48 bits per heavy atom. The second-order valence-electron chi connectivity index (χ2n) is 5.83. The fourth-order valence-electron chi connectivity index (χ4n) is 2.52. The van der Waals surface area contributed by atoms with Crippen molar-refractivity contribution < 1.29 is 32.2 Å². The molecule has 0 spiro atoms. The Labute approximate surface area is 162 Å². The van der Waals surface area contributed by atoms with E-state index in [-0.39, 0.29) is 23.7 Å². The van der Waals surface area contributed by atoms with Gasteiger partial charge in [0.2, 0.25) is 0 Å². The minimum Gasteiger partial charge on any atom is -0.454 e. The summed E-state index contributed by atoms with van der Waals surface area (Å²) in [6.45, 7) is 1.85. The lowest BCUT2D eigenvalue weighted by Crippen LogP contribution is -2.20. The third-order valence-electron chi connectivity index (χ3n) is 3.81.